The number of ketones is 2. The van der Waals surface area contributed by atoms with Gasteiger partial charge in [-0.25, -0.2) is 0 Å². The number of alkyl halides is 3. The average molecular weight is 462 g/mol. The van der Waals surface area contributed by atoms with Crippen LogP contribution in [0.2, 0.25) is 0 Å². The molecular weight excluding hydrogens is 431 g/mol. The molecule has 1 aromatic rings. The molecule has 0 spiro atoms. The van der Waals surface area contributed by atoms with Crippen LogP contribution in [0, 0.1) is 5.41 Å². The standard InChI is InChI=1S/C26H30F3NO3/c1-25(2)13-21-19(23(31)14-25)12-20(22(15-33-3)30(21)18-6-4-5-7-18)24(32)16-8-10-17(11-9-16)26(27,28)29/h8-11,18H,4-7,12-15H2,1-3H3. The highest BCUT2D eigenvalue weighted by atomic mass is 19.4. The van der Waals surface area contributed by atoms with Gasteiger partial charge in [-0.1, -0.05) is 38.8 Å². The van der Waals surface area contributed by atoms with E-state index in [2.05, 4.69) is 18.7 Å². The quantitative estimate of drug-likeness (QED) is 0.499. The number of carbonyl (C=O) groups excluding carboxylic acids is 2. The van der Waals surface area contributed by atoms with Crippen LogP contribution >= 0.6 is 0 Å². The third kappa shape index (κ3) is 4.65. The Morgan fingerprint density at radius 1 is 1.12 bits per heavy atom. The number of carbonyl (C=O) groups is 2. The summed E-state index contributed by atoms with van der Waals surface area (Å²) in [5, 5.41) is 0. The van der Waals surface area contributed by atoms with Crippen LogP contribution in [0.5, 0.6) is 0 Å². The SMILES string of the molecule is COCC1=C(C(=O)c2ccc(C(F)(F)F)cc2)CC2=C(CC(C)(C)CC2=O)N1C1CCCC1. The molecule has 0 atom stereocenters. The van der Waals surface area contributed by atoms with Gasteiger partial charge in [0.15, 0.2) is 11.6 Å². The second kappa shape index (κ2) is 8.75. The van der Waals surface area contributed by atoms with E-state index in [9.17, 15) is 22.8 Å². The lowest BCUT2D eigenvalue weighted by atomic mass is 9.72. The van der Waals surface area contributed by atoms with Crippen LogP contribution < -0.4 is 0 Å². The van der Waals surface area contributed by atoms with E-state index in [1.54, 1.807) is 7.11 Å². The Morgan fingerprint density at radius 2 is 1.76 bits per heavy atom. The summed E-state index contributed by atoms with van der Waals surface area (Å²) in [6.45, 7) is 4.39. The summed E-state index contributed by atoms with van der Waals surface area (Å²) >= 11 is 0. The van der Waals surface area contributed by atoms with E-state index in [0.717, 1.165) is 55.6 Å². The first-order valence-corrected chi connectivity index (χ1v) is 11.5. The van der Waals surface area contributed by atoms with Crippen LogP contribution in [0.3, 0.4) is 0 Å². The van der Waals surface area contributed by atoms with Crippen LogP contribution in [0.25, 0.3) is 0 Å². The number of nitrogens with zero attached hydrogens (tertiary/aromatic N) is 1. The monoisotopic (exact) mass is 461 g/mol. The molecule has 0 saturated heterocycles. The Balaban J connectivity index is 1.79. The molecule has 0 aromatic heterocycles. The first-order valence-electron chi connectivity index (χ1n) is 11.5. The second-order valence-electron chi connectivity index (χ2n) is 10.1. The van der Waals surface area contributed by atoms with Crippen LogP contribution in [-0.4, -0.2) is 36.2 Å². The molecule has 178 valence electrons. The Morgan fingerprint density at radius 3 is 2.33 bits per heavy atom. The Hall–Kier alpha value is -2.41. The number of allylic oxidation sites excluding steroid dienone is 3. The fourth-order valence-electron chi connectivity index (χ4n) is 5.44. The minimum absolute atomic E-state index is 0.0541. The third-order valence-electron chi connectivity index (χ3n) is 6.97. The molecule has 4 rings (SSSR count). The van der Waals surface area contributed by atoms with Crippen LogP contribution in [0.1, 0.15) is 74.7 Å². The molecule has 0 N–H and O–H groups in total. The number of ether oxygens (including phenoxy) is 1. The number of benzene rings is 1. The zero-order valence-electron chi connectivity index (χ0n) is 19.3. The molecule has 1 saturated carbocycles. The van der Waals surface area contributed by atoms with Crippen molar-refractivity contribution < 1.29 is 27.5 Å². The Kier molecular flexibility index (Phi) is 6.29. The molecule has 1 aromatic carbocycles. The Bertz CT molecular complexity index is 1010. The summed E-state index contributed by atoms with van der Waals surface area (Å²) < 4.78 is 44.5. The maximum atomic E-state index is 13.6. The summed E-state index contributed by atoms with van der Waals surface area (Å²) in [7, 11) is 1.57. The molecule has 33 heavy (non-hydrogen) atoms. The lowest BCUT2D eigenvalue weighted by Gasteiger charge is -2.45. The molecule has 0 bridgehead atoms. The largest absolute Gasteiger partial charge is 0.416 e. The molecule has 0 radical (unpaired) electrons. The summed E-state index contributed by atoms with van der Waals surface area (Å²) in [6.07, 6.45) is 1.03. The van der Waals surface area contributed by atoms with Gasteiger partial charge in [-0.15, -0.1) is 0 Å². The minimum Gasteiger partial charge on any atom is -0.378 e. The molecule has 7 heteroatoms. The highest BCUT2D eigenvalue weighted by molar-refractivity contribution is 6.11. The van der Waals surface area contributed by atoms with Gasteiger partial charge < -0.3 is 9.64 Å². The van der Waals surface area contributed by atoms with E-state index in [1.165, 1.54) is 12.1 Å². The van der Waals surface area contributed by atoms with Crippen molar-refractivity contribution in [1.29, 1.82) is 0 Å². The van der Waals surface area contributed by atoms with E-state index >= 15 is 0 Å². The van der Waals surface area contributed by atoms with Gasteiger partial charge in [0.2, 0.25) is 0 Å². The van der Waals surface area contributed by atoms with Crippen molar-refractivity contribution in [3.63, 3.8) is 0 Å². The van der Waals surface area contributed by atoms with Crippen molar-refractivity contribution in [2.24, 2.45) is 5.41 Å². The number of Topliss-reactive ketones (excluding diaryl/α,β-unsaturated/α-hetero) is 2. The van der Waals surface area contributed by atoms with Gasteiger partial charge in [0.05, 0.1) is 17.9 Å². The van der Waals surface area contributed by atoms with Crippen molar-refractivity contribution in [3.8, 4) is 0 Å². The number of rotatable bonds is 5. The van der Waals surface area contributed by atoms with Gasteiger partial charge in [-0.05, 0) is 36.8 Å². The maximum Gasteiger partial charge on any atom is 0.416 e. The fraction of sp³-hybridized carbons (Fsp3) is 0.538. The number of halogens is 3. The number of hydrogen-bond donors (Lipinski definition) is 0. The number of methoxy groups -OCH3 is 1. The molecule has 1 aliphatic heterocycles. The molecule has 1 heterocycles. The molecule has 4 nitrogen and oxygen atoms in total. The van der Waals surface area contributed by atoms with Crippen LogP contribution in [0.4, 0.5) is 13.2 Å². The summed E-state index contributed by atoms with van der Waals surface area (Å²) in [5.41, 5.74) is 2.10. The predicted molar refractivity (Wildman–Crippen MR) is 118 cm³/mol. The molecule has 3 aliphatic rings. The van der Waals surface area contributed by atoms with Crippen molar-refractivity contribution >= 4 is 11.6 Å². The highest BCUT2D eigenvalue weighted by Gasteiger charge is 2.43. The topological polar surface area (TPSA) is 46.6 Å². The Labute approximate surface area is 192 Å². The smallest absolute Gasteiger partial charge is 0.378 e. The molecule has 0 amide bonds. The van der Waals surface area contributed by atoms with E-state index in [-0.39, 0.29) is 41.6 Å². The van der Waals surface area contributed by atoms with E-state index < -0.39 is 11.7 Å². The lowest BCUT2D eigenvalue weighted by molar-refractivity contribution is -0.137. The molecular formula is C26H30F3NO3. The van der Waals surface area contributed by atoms with Gasteiger partial charge >= 0.3 is 6.18 Å². The summed E-state index contributed by atoms with van der Waals surface area (Å²) in [4.78, 5) is 28.9. The zero-order chi connectivity index (χ0) is 24.0. The molecule has 0 unspecified atom stereocenters. The van der Waals surface area contributed by atoms with Crippen LogP contribution in [-0.2, 0) is 15.7 Å². The van der Waals surface area contributed by atoms with Gasteiger partial charge in [0.25, 0.3) is 0 Å². The van der Waals surface area contributed by atoms with E-state index in [0.29, 0.717) is 17.6 Å². The first kappa shape index (κ1) is 23.7. The number of hydrogen-bond acceptors (Lipinski definition) is 4. The van der Waals surface area contributed by atoms with Crippen molar-refractivity contribution in [2.75, 3.05) is 13.7 Å². The zero-order valence-corrected chi connectivity index (χ0v) is 19.3. The van der Waals surface area contributed by atoms with E-state index in [4.69, 9.17) is 4.74 Å². The first-order chi connectivity index (χ1) is 15.5. The van der Waals surface area contributed by atoms with E-state index in [1.807, 2.05) is 0 Å². The lowest BCUT2D eigenvalue weighted by Crippen LogP contribution is -2.43. The summed E-state index contributed by atoms with van der Waals surface area (Å²) in [5.74, 6) is -0.290. The van der Waals surface area contributed by atoms with Gasteiger partial charge in [0.1, 0.15) is 0 Å². The van der Waals surface area contributed by atoms with Gasteiger partial charge in [-0.2, -0.15) is 13.2 Å². The normalized spacial score (nSPS) is 21.6. The van der Waals surface area contributed by atoms with Gasteiger partial charge in [0, 0.05) is 48.4 Å². The van der Waals surface area contributed by atoms with Crippen molar-refractivity contribution in [2.45, 2.75) is 71.0 Å². The maximum absolute atomic E-state index is 13.6. The predicted octanol–water partition coefficient (Wildman–Crippen LogP) is 6.08. The highest BCUT2D eigenvalue weighted by Crippen LogP contribution is 2.47. The third-order valence-corrected chi connectivity index (χ3v) is 6.97. The van der Waals surface area contributed by atoms with Gasteiger partial charge in [-0.3, -0.25) is 9.59 Å². The van der Waals surface area contributed by atoms with Crippen molar-refractivity contribution in [3.05, 3.63) is 57.9 Å². The van der Waals surface area contributed by atoms with Crippen LogP contribution in [0.15, 0.2) is 46.8 Å². The molecule has 2 aliphatic carbocycles. The molecule has 1 fully saturated rings. The fourth-order valence-corrected chi connectivity index (χ4v) is 5.44. The average Bonchev–Trinajstić information content (AvgIpc) is 3.26. The second-order valence-corrected chi connectivity index (χ2v) is 10.1. The summed E-state index contributed by atoms with van der Waals surface area (Å²) in [6, 6.07) is 4.49. The minimum atomic E-state index is -4.47. The van der Waals surface area contributed by atoms with Crippen molar-refractivity contribution in [1.82, 2.24) is 4.90 Å².